The minimum atomic E-state index is -3.47. The molecule has 8 heteroatoms. The smallest absolute Gasteiger partial charge is 0.267 e. The van der Waals surface area contributed by atoms with Crippen LogP contribution >= 0.6 is 11.6 Å². The summed E-state index contributed by atoms with van der Waals surface area (Å²) in [5.74, 6) is 0.175. The number of carbonyl (C=O) groups excluding carboxylic acids is 1. The van der Waals surface area contributed by atoms with E-state index in [-0.39, 0.29) is 10.8 Å². The van der Waals surface area contributed by atoms with Gasteiger partial charge in [-0.3, -0.25) is 4.79 Å². The summed E-state index contributed by atoms with van der Waals surface area (Å²) < 4.78 is 32.4. The molecule has 1 aliphatic heterocycles. The number of anilines is 1. The summed E-state index contributed by atoms with van der Waals surface area (Å²) in [5.41, 5.74) is -0.633. The Morgan fingerprint density at radius 1 is 1.04 bits per heavy atom. The molecule has 6 nitrogen and oxygen atoms in total. The van der Waals surface area contributed by atoms with Gasteiger partial charge in [-0.1, -0.05) is 11.6 Å². The fraction of sp³-hybridized carbons (Fsp3) is 0.350. The van der Waals surface area contributed by atoms with Crippen LogP contribution in [-0.4, -0.2) is 37.3 Å². The fourth-order valence-corrected chi connectivity index (χ4v) is 4.56. The molecule has 1 heterocycles. The second-order valence-corrected chi connectivity index (χ2v) is 9.53. The summed E-state index contributed by atoms with van der Waals surface area (Å²) in [4.78, 5) is 12.8. The number of hydrogen-bond donors (Lipinski definition) is 1. The summed E-state index contributed by atoms with van der Waals surface area (Å²) in [5, 5.41) is 3.35. The molecule has 0 bridgehead atoms. The molecule has 0 atom stereocenters. The monoisotopic (exact) mass is 422 g/mol. The molecule has 1 fully saturated rings. The summed E-state index contributed by atoms with van der Waals surface area (Å²) in [6, 6.07) is 12.9. The molecule has 1 N–H and O–H groups in total. The van der Waals surface area contributed by atoms with E-state index in [0.717, 1.165) is 12.8 Å². The first-order chi connectivity index (χ1) is 13.2. The highest BCUT2D eigenvalue weighted by molar-refractivity contribution is 7.89. The molecule has 150 valence electrons. The minimum Gasteiger partial charge on any atom is -0.478 e. The molecule has 1 aliphatic rings. The van der Waals surface area contributed by atoms with Crippen LogP contribution < -0.4 is 10.1 Å². The Morgan fingerprint density at radius 2 is 1.61 bits per heavy atom. The second-order valence-electron chi connectivity index (χ2n) is 7.16. The van der Waals surface area contributed by atoms with E-state index in [9.17, 15) is 13.2 Å². The van der Waals surface area contributed by atoms with Crippen molar-refractivity contribution in [3.63, 3.8) is 0 Å². The molecule has 0 saturated carbocycles. The zero-order valence-corrected chi connectivity index (χ0v) is 17.4. The lowest BCUT2D eigenvalue weighted by Gasteiger charge is -2.25. The van der Waals surface area contributed by atoms with Gasteiger partial charge in [-0.2, -0.15) is 4.31 Å². The molecule has 2 aromatic carbocycles. The van der Waals surface area contributed by atoms with Crippen molar-refractivity contribution in [3.05, 3.63) is 53.6 Å². The Bertz CT molecular complexity index is 935. The van der Waals surface area contributed by atoms with Gasteiger partial charge in [0.05, 0.1) is 4.90 Å². The zero-order chi connectivity index (χ0) is 20.4. The Kier molecular flexibility index (Phi) is 5.98. The number of nitrogens with zero attached hydrogens (tertiary/aromatic N) is 1. The number of sulfonamides is 1. The molecule has 1 amide bonds. The van der Waals surface area contributed by atoms with Crippen LogP contribution in [0.4, 0.5) is 5.69 Å². The van der Waals surface area contributed by atoms with Gasteiger partial charge in [0.25, 0.3) is 5.91 Å². The molecule has 1 saturated heterocycles. The first-order valence-electron chi connectivity index (χ1n) is 9.05. The third-order valence-corrected chi connectivity index (χ3v) is 6.71. The van der Waals surface area contributed by atoms with Crippen LogP contribution in [-0.2, 0) is 14.8 Å². The first kappa shape index (κ1) is 20.6. The van der Waals surface area contributed by atoms with E-state index >= 15 is 0 Å². The molecule has 0 aromatic heterocycles. The van der Waals surface area contributed by atoms with Gasteiger partial charge >= 0.3 is 0 Å². The van der Waals surface area contributed by atoms with Crippen LogP contribution in [0.1, 0.15) is 26.7 Å². The normalized spacial score (nSPS) is 15.4. The maximum atomic E-state index is 12.6. The van der Waals surface area contributed by atoms with Crippen molar-refractivity contribution in [2.45, 2.75) is 37.2 Å². The number of amides is 1. The highest BCUT2D eigenvalue weighted by Gasteiger charge is 2.31. The van der Waals surface area contributed by atoms with E-state index in [4.69, 9.17) is 16.3 Å². The number of benzene rings is 2. The van der Waals surface area contributed by atoms with E-state index in [1.54, 1.807) is 50.2 Å². The molecule has 2 aromatic rings. The molecule has 0 radical (unpaired) electrons. The average Bonchev–Trinajstić information content (AvgIpc) is 3.19. The SMILES string of the molecule is CC(C)(Oc1ccc(Cl)cc1)C(=O)Nc1ccc(S(=O)(=O)N2CCCC2)cc1. The predicted octanol–water partition coefficient (Wildman–Crippen LogP) is 3.92. The van der Waals surface area contributed by atoms with Gasteiger partial charge in [0.1, 0.15) is 5.75 Å². The molecule has 28 heavy (non-hydrogen) atoms. The minimum absolute atomic E-state index is 0.226. The number of hydrogen-bond acceptors (Lipinski definition) is 4. The van der Waals surface area contributed by atoms with Crippen LogP contribution in [0, 0.1) is 0 Å². The zero-order valence-electron chi connectivity index (χ0n) is 15.8. The van der Waals surface area contributed by atoms with Crippen molar-refractivity contribution < 1.29 is 17.9 Å². The molecule has 0 spiro atoms. The lowest BCUT2D eigenvalue weighted by molar-refractivity contribution is -0.128. The van der Waals surface area contributed by atoms with E-state index in [1.807, 2.05) is 0 Å². The molecular formula is C20H23ClN2O4S. The lowest BCUT2D eigenvalue weighted by Crippen LogP contribution is -2.42. The summed E-state index contributed by atoms with van der Waals surface area (Å²) >= 11 is 5.86. The third-order valence-electron chi connectivity index (χ3n) is 4.55. The van der Waals surface area contributed by atoms with Crippen molar-refractivity contribution >= 4 is 33.2 Å². The van der Waals surface area contributed by atoms with E-state index in [0.29, 0.717) is 29.5 Å². The van der Waals surface area contributed by atoms with Crippen LogP contribution in [0.25, 0.3) is 0 Å². The van der Waals surface area contributed by atoms with Gasteiger partial charge in [0.15, 0.2) is 5.60 Å². The topological polar surface area (TPSA) is 75.7 Å². The van der Waals surface area contributed by atoms with Crippen molar-refractivity contribution in [1.82, 2.24) is 4.31 Å². The quantitative estimate of drug-likeness (QED) is 0.765. The van der Waals surface area contributed by atoms with E-state index in [2.05, 4.69) is 5.32 Å². The van der Waals surface area contributed by atoms with Crippen LogP contribution in [0.3, 0.4) is 0 Å². The molecular weight excluding hydrogens is 400 g/mol. The van der Waals surface area contributed by atoms with Crippen LogP contribution in [0.15, 0.2) is 53.4 Å². The van der Waals surface area contributed by atoms with Crippen molar-refractivity contribution in [2.75, 3.05) is 18.4 Å². The van der Waals surface area contributed by atoms with Gasteiger partial charge < -0.3 is 10.1 Å². The van der Waals surface area contributed by atoms with Gasteiger partial charge in [0.2, 0.25) is 10.0 Å². The Morgan fingerprint density at radius 3 is 2.18 bits per heavy atom. The lowest BCUT2D eigenvalue weighted by atomic mass is 10.1. The predicted molar refractivity (Wildman–Crippen MR) is 109 cm³/mol. The van der Waals surface area contributed by atoms with E-state index < -0.39 is 15.6 Å². The Hall–Kier alpha value is -2.09. The van der Waals surface area contributed by atoms with Gasteiger partial charge in [0, 0.05) is 23.8 Å². The number of carbonyl (C=O) groups is 1. The second kappa shape index (κ2) is 8.11. The number of nitrogens with one attached hydrogen (secondary N) is 1. The Balaban J connectivity index is 1.67. The third kappa shape index (κ3) is 4.66. The number of ether oxygens (including phenoxy) is 1. The van der Waals surface area contributed by atoms with Gasteiger partial charge in [-0.25, -0.2) is 8.42 Å². The highest BCUT2D eigenvalue weighted by atomic mass is 35.5. The van der Waals surface area contributed by atoms with Crippen molar-refractivity contribution in [3.8, 4) is 5.75 Å². The van der Waals surface area contributed by atoms with Crippen LogP contribution in [0.2, 0.25) is 5.02 Å². The first-order valence-corrected chi connectivity index (χ1v) is 10.9. The maximum Gasteiger partial charge on any atom is 0.267 e. The largest absolute Gasteiger partial charge is 0.478 e. The standard InChI is InChI=1S/C20H23ClN2O4S/c1-20(2,27-17-9-5-15(21)6-10-17)19(24)22-16-7-11-18(12-8-16)28(25,26)23-13-3-4-14-23/h5-12H,3-4,13-14H2,1-2H3,(H,22,24). The molecule has 0 aliphatic carbocycles. The van der Waals surface area contributed by atoms with Gasteiger partial charge in [-0.15, -0.1) is 0 Å². The molecule has 0 unspecified atom stereocenters. The maximum absolute atomic E-state index is 12.6. The summed E-state index contributed by atoms with van der Waals surface area (Å²) in [6.45, 7) is 4.42. The highest BCUT2D eigenvalue weighted by Crippen LogP contribution is 2.24. The van der Waals surface area contributed by atoms with Crippen molar-refractivity contribution in [2.24, 2.45) is 0 Å². The number of halogens is 1. The number of rotatable bonds is 6. The summed E-state index contributed by atoms with van der Waals surface area (Å²) in [6.07, 6.45) is 1.77. The van der Waals surface area contributed by atoms with Gasteiger partial charge in [-0.05, 0) is 75.2 Å². The Labute approximate surface area is 170 Å². The average molecular weight is 423 g/mol. The van der Waals surface area contributed by atoms with Crippen molar-refractivity contribution in [1.29, 1.82) is 0 Å². The van der Waals surface area contributed by atoms with E-state index in [1.165, 1.54) is 16.4 Å². The fourth-order valence-electron chi connectivity index (χ4n) is 2.91. The molecule has 3 rings (SSSR count). The summed E-state index contributed by atoms with van der Waals surface area (Å²) in [7, 11) is -3.47. The van der Waals surface area contributed by atoms with Crippen LogP contribution in [0.5, 0.6) is 5.75 Å².